The molecule has 0 saturated heterocycles. The number of rotatable bonds is 6. The van der Waals surface area contributed by atoms with Crippen molar-refractivity contribution in [2.45, 2.75) is 33.4 Å². The minimum atomic E-state index is -0.305. The Morgan fingerprint density at radius 1 is 1.19 bits per heavy atom. The van der Waals surface area contributed by atoms with Crippen LogP contribution < -0.4 is 5.32 Å². The summed E-state index contributed by atoms with van der Waals surface area (Å²) in [6, 6.07) is 17.4. The molecule has 0 saturated carbocycles. The van der Waals surface area contributed by atoms with Gasteiger partial charge in [-0.15, -0.1) is 0 Å². The van der Waals surface area contributed by atoms with Gasteiger partial charge in [-0.2, -0.15) is 10.4 Å². The molecule has 156 valence electrons. The topological polar surface area (TPSA) is 88.5 Å². The highest BCUT2D eigenvalue weighted by Crippen LogP contribution is 2.21. The van der Waals surface area contributed by atoms with E-state index in [-0.39, 0.29) is 5.91 Å². The van der Waals surface area contributed by atoms with E-state index in [9.17, 15) is 10.1 Å². The minimum Gasteiger partial charge on any atom is -0.320 e. The van der Waals surface area contributed by atoms with Crippen LogP contribution >= 0.6 is 15.9 Å². The number of aromatic nitrogens is 4. The number of aryl methyl sites for hydroxylation is 4. The molecule has 8 heteroatoms. The average Bonchev–Trinajstić information content (AvgIpc) is 3.32. The van der Waals surface area contributed by atoms with Crippen molar-refractivity contribution in [3.63, 3.8) is 0 Å². The molecule has 0 aliphatic carbocycles. The summed E-state index contributed by atoms with van der Waals surface area (Å²) >= 11 is 3.46. The average molecular weight is 477 g/mol. The van der Waals surface area contributed by atoms with Crippen LogP contribution in [0.5, 0.6) is 0 Å². The highest BCUT2D eigenvalue weighted by molar-refractivity contribution is 9.10. The first-order chi connectivity index (χ1) is 15.0. The van der Waals surface area contributed by atoms with Crippen molar-refractivity contribution in [2.75, 3.05) is 5.32 Å². The van der Waals surface area contributed by atoms with Gasteiger partial charge in [0.05, 0.1) is 28.4 Å². The third-order valence-electron chi connectivity index (χ3n) is 5.06. The van der Waals surface area contributed by atoms with Crippen molar-refractivity contribution in [3.8, 4) is 6.07 Å². The van der Waals surface area contributed by atoms with Gasteiger partial charge in [-0.05, 0) is 56.2 Å². The summed E-state index contributed by atoms with van der Waals surface area (Å²) < 4.78 is 4.68. The molecule has 4 aromatic rings. The lowest BCUT2D eigenvalue weighted by atomic mass is 10.1. The van der Waals surface area contributed by atoms with Crippen molar-refractivity contribution in [1.82, 2.24) is 19.3 Å². The molecule has 0 bridgehead atoms. The number of fused-ring (bicyclic) bond motifs is 1. The second kappa shape index (κ2) is 8.74. The molecule has 31 heavy (non-hydrogen) atoms. The quantitative estimate of drug-likeness (QED) is 0.437. The van der Waals surface area contributed by atoms with Gasteiger partial charge < -0.3 is 9.88 Å². The van der Waals surface area contributed by atoms with Crippen LogP contribution in [0.4, 0.5) is 5.82 Å². The van der Waals surface area contributed by atoms with Gasteiger partial charge in [0, 0.05) is 23.6 Å². The number of nitriles is 1. The van der Waals surface area contributed by atoms with Crippen LogP contribution in [0.1, 0.15) is 34.4 Å². The maximum absolute atomic E-state index is 13.2. The van der Waals surface area contributed by atoms with Gasteiger partial charge in [0.1, 0.15) is 5.82 Å². The molecule has 4 rings (SSSR count). The number of anilines is 1. The van der Waals surface area contributed by atoms with Gasteiger partial charge in [0.15, 0.2) is 5.82 Å². The Labute approximate surface area is 188 Å². The zero-order valence-electron chi connectivity index (χ0n) is 17.3. The van der Waals surface area contributed by atoms with Gasteiger partial charge in [-0.3, -0.25) is 4.79 Å². The molecular weight excluding hydrogens is 456 g/mol. The molecule has 7 nitrogen and oxygen atoms in total. The Hall–Kier alpha value is -3.44. The van der Waals surface area contributed by atoms with Crippen LogP contribution in [0, 0.1) is 18.3 Å². The predicted molar refractivity (Wildman–Crippen MR) is 123 cm³/mol. The molecule has 0 radical (unpaired) electrons. The second-order valence-electron chi connectivity index (χ2n) is 7.22. The Morgan fingerprint density at radius 2 is 1.97 bits per heavy atom. The SMILES string of the molecule is CCn1nc(C)cc1NC(=O)c1nc2cc(C#N)ccc2n1CCc1ccc(Br)cc1. The highest BCUT2D eigenvalue weighted by atomic mass is 79.9. The lowest BCUT2D eigenvalue weighted by molar-refractivity contribution is 0.101. The van der Waals surface area contributed by atoms with Crippen LogP contribution in [0.2, 0.25) is 0 Å². The number of benzene rings is 2. The van der Waals surface area contributed by atoms with Crippen molar-refractivity contribution >= 4 is 38.7 Å². The predicted octanol–water partition coefficient (Wildman–Crippen LogP) is 4.69. The van der Waals surface area contributed by atoms with E-state index in [0.29, 0.717) is 35.8 Å². The standard InChI is InChI=1S/C23H21BrN6O/c1-3-30-21(12-15(2)28-30)27-23(31)22-26-19-13-17(14-25)6-9-20(19)29(22)11-10-16-4-7-18(24)8-5-16/h4-9,12-13H,3,10-11H2,1-2H3,(H,27,31). The van der Waals surface area contributed by atoms with Gasteiger partial charge >= 0.3 is 0 Å². The zero-order valence-corrected chi connectivity index (χ0v) is 18.8. The number of hydrogen-bond acceptors (Lipinski definition) is 4. The summed E-state index contributed by atoms with van der Waals surface area (Å²) in [5.41, 5.74) is 3.95. The minimum absolute atomic E-state index is 0.305. The molecule has 1 amide bonds. The third kappa shape index (κ3) is 4.37. The fourth-order valence-electron chi connectivity index (χ4n) is 3.55. The summed E-state index contributed by atoms with van der Waals surface area (Å²) in [7, 11) is 0. The largest absolute Gasteiger partial charge is 0.320 e. The lowest BCUT2D eigenvalue weighted by Gasteiger charge is -2.11. The Bertz CT molecular complexity index is 1300. The molecule has 0 atom stereocenters. The first kappa shape index (κ1) is 20.8. The van der Waals surface area contributed by atoms with Gasteiger partial charge in [-0.25, -0.2) is 9.67 Å². The summed E-state index contributed by atoms with van der Waals surface area (Å²) in [6.07, 6.45) is 0.741. The third-order valence-corrected chi connectivity index (χ3v) is 5.59. The maximum atomic E-state index is 13.2. The number of nitrogens with zero attached hydrogens (tertiary/aromatic N) is 5. The van der Waals surface area contributed by atoms with E-state index in [1.807, 2.05) is 42.7 Å². The van der Waals surface area contributed by atoms with Crippen molar-refractivity contribution in [1.29, 1.82) is 5.26 Å². The van der Waals surface area contributed by atoms with Crippen LogP contribution in [0.3, 0.4) is 0 Å². The van der Waals surface area contributed by atoms with Crippen molar-refractivity contribution < 1.29 is 4.79 Å². The Morgan fingerprint density at radius 3 is 2.68 bits per heavy atom. The molecule has 0 aliphatic rings. The number of carbonyl (C=O) groups is 1. The van der Waals surface area contributed by atoms with E-state index in [2.05, 4.69) is 49.5 Å². The molecule has 2 aromatic carbocycles. The first-order valence-corrected chi connectivity index (χ1v) is 10.8. The Kier molecular flexibility index (Phi) is 5.87. The second-order valence-corrected chi connectivity index (χ2v) is 8.14. The fourth-order valence-corrected chi connectivity index (χ4v) is 3.81. The van der Waals surface area contributed by atoms with Gasteiger partial charge in [0.25, 0.3) is 5.91 Å². The van der Waals surface area contributed by atoms with Crippen LogP contribution in [-0.4, -0.2) is 25.2 Å². The molecule has 2 heterocycles. The molecule has 0 spiro atoms. The summed E-state index contributed by atoms with van der Waals surface area (Å²) in [4.78, 5) is 17.8. The lowest BCUT2D eigenvalue weighted by Crippen LogP contribution is -2.20. The molecule has 0 unspecified atom stereocenters. The molecular formula is C23H21BrN6O. The monoisotopic (exact) mass is 476 g/mol. The van der Waals surface area contributed by atoms with E-state index >= 15 is 0 Å². The maximum Gasteiger partial charge on any atom is 0.292 e. The van der Waals surface area contributed by atoms with Crippen LogP contribution in [0.15, 0.2) is 53.0 Å². The Balaban J connectivity index is 1.70. The van der Waals surface area contributed by atoms with E-state index in [1.54, 1.807) is 16.8 Å². The van der Waals surface area contributed by atoms with Gasteiger partial charge in [-0.1, -0.05) is 28.1 Å². The summed E-state index contributed by atoms with van der Waals surface area (Å²) in [5.74, 6) is 0.637. The number of nitrogens with one attached hydrogen (secondary N) is 1. The molecule has 2 aromatic heterocycles. The fraction of sp³-hybridized carbons (Fsp3) is 0.217. The molecule has 0 aliphatic heterocycles. The normalized spacial score (nSPS) is 10.9. The zero-order chi connectivity index (χ0) is 22.0. The molecule has 0 fully saturated rings. The van der Waals surface area contributed by atoms with Crippen molar-refractivity contribution in [3.05, 3.63) is 75.6 Å². The number of hydrogen-bond donors (Lipinski definition) is 1. The van der Waals surface area contributed by atoms with Crippen molar-refractivity contribution in [2.24, 2.45) is 0 Å². The van der Waals surface area contributed by atoms with Crippen LogP contribution in [0.25, 0.3) is 11.0 Å². The highest BCUT2D eigenvalue weighted by Gasteiger charge is 2.20. The van der Waals surface area contributed by atoms with E-state index < -0.39 is 0 Å². The number of imidazole rings is 1. The number of amides is 1. The first-order valence-electron chi connectivity index (χ1n) is 9.99. The summed E-state index contributed by atoms with van der Waals surface area (Å²) in [5, 5.41) is 16.6. The molecule has 1 N–H and O–H groups in total. The van der Waals surface area contributed by atoms with E-state index in [4.69, 9.17) is 0 Å². The van der Waals surface area contributed by atoms with Gasteiger partial charge in [0.2, 0.25) is 0 Å². The smallest absolute Gasteiger partial charge is 0.292 e. The van der Waals surface area contributed by atoms with Crippen LogP contribution in [-0.2, 0) is 19.5 Å². The number of halogens is 1. The van der Waals surface area contributed by atoms with E-state index in [0.717, 1.165) is 27.7 Å². The van der Waals surface area contributed by atoms with E-state index in [1.165, 1.54) is 0 Å². The summed E-state index contributed by atoms with van der Waals surface area (Å²) in [6.45, 7) is 5.09. The number of carbonyl (C=O) groups excluding carboxylic acids is 1.